The molecule has 1 aromatic carbocycles. The molecule has 0 saturated carbocycles. The molecule has 0 bridgehead atoms. The van der Waals surface area contributed by atoms with Crippen molar-refractivity contribution in [2.24, 2.45) is 0 Å². The van der Waals surface area contributed by atoms with Gasteiger partial charge in [0, 0.05) is 18.0 Å². The molecule has 0 aliphatic carbocycles. The molecule has 1 aromatic heterocycles. The van der Waals surface area contributed by atoms with E-state index in [1.54, 1.807) is 18.4 Å². The molecule has 122 valence electrons. The van der Waals surface area contributed by atoms with Crippen LogP contribution in [0.2, 0.25) is 0 Å². The van der Waals surface area contributed by atoms with Crippen molar-refractivity contribution in [2.45, 2.75) is 12.6 Å². The minimum absolute atomic E-state index is 0.0587. The van der Waals surface area contributed by atoms with Gasteiger partial charge in [0.25, 0.3) is 5.91 Å². The van der Waals surface area contributed by atoms with Gasteiger partial charge < -0.3 is 20.1 Å². The number of carbonyl (C=O) groups excluding carboxylic acids is 1. The van der Waals surface area contributed by atoms with Crippen LogP contribution in [0.15, 0.2) is 35.7 Å². The van der Waals surface area contributed by atoms with E-state index in [2.05, 4.69) is 22.1 Å². The first kappa shape index (κ1) is 16.0. The number of hydrogen-bond donors (Lipinski definition) is 2. The number of benzene rings is 1. The lowest BCUT2D eigenvalue weighted by Gasteiger charge is -2.22. The fraction of sp³-hybridized carbons (Fsp3) is 0.353. The molecule has 2 aromatic rings. The van der Waals surface area contributed by atoms with Crippen molar-refractivity contribution in [1.82, 2.24) is 10.6 Å². The highest BCUT2D eigenvalue weighted by atomic mass is 32.1. The molecule has 2 heterocycles. The zero-order chi connectivity index (χ0) is 16.1. The second-order valence-electron chi connectivity index (χ2n) is 5.31. The topological polar surface area (TPSA) is 59.6 Å². The fourth-order valence-corrected chi connectivity index (χ4v) is 3.26. The number of nitrogens with one attached hydrogen (secondary N) is 2. The van der Waals surface area contributed by atoms with Gasteiger partial charge in [-0.1, -0.05) is 12.1 Å². The van der Waals surface area contributed by atoms with Gasteiger partial charge in [0.15, 0.2) is 0 Å². The number of methoxy groups -OCH3 is 1. The van der Waals surface area contributed by atoms with E-state index in [0.29, 0.717) is 19.7 Å². The first-order valence-electron chi connectivity index (χ1n) is 7.58. The number of amides is 1. The molecule has 1 aliphatic heterocycles. The van der Waals surface area contributed by atoms with Crippen LogP contribution in [-0.2, 0) is 16.1 Å². The Morgan fingerprint density at radius 3 is 2.91 bits per heavy atom. The lowest BCUT2D eigenvalue weighted by molar-refractivity contribution is -0.134. The molecule has 1 atom stereocenters. The van der Waals surface area contributed by atoms with Gasteiger partial charge in [0.05, 0.1) is 20.3 Å². The van der Waals surface area contributed by atoms with Crippen molar-refractivity contribution < 1.29 is 14.3 Å². The zero-order valence-corrected chi connectivity index (χ0v) is 13.8. The van der Waals surface area contributed by atoms with Crippen LogP contribution in [0.4, 0.5) is 0 Å². The van der Waals surface area contributed by atoms with E-state index in [4.69, 9.17) is 9.47 Å². The molecular formula is C17H20N2O3S. The first-order valence-corrected chi connectivity index (χ1v) is 8.46. The van der Waals surface area contributed by atoms with Crippen LogP contribution in [0.3, 0.4) is 0 Å². The fourth-order valence-electron chi connectivity index (χ4n) is 2.43. The van der Waals surface area contributed by atoms with Crippen LogP contribution >= 0.6 is 11.3 Å². The van der Waals surface area contributed by atoms with Gasteiger partial charge in [0.1, 0.15) is 11.9 Å². The Kier molecular flexibility index (Phi) is 5.27. The monoisotopic (exact) mass is 332 g/mol. The summed E-state index contributed by atoms with van der Waals surface area (Å²) in [6, 6.07) is 10.1. The smallest absolute Gasteiger partial charge is 0.250 e. The predicted molar refractivity (Wildman–Crippen MR) is 90.8 cm³/mol. The lowest BCUT2D eigenvalue weighted by atomic mass is 10.1. The summed E-state index contributed by atoms with van der Waals surface area (Å²) in [6.07, 6.45) is -0.384. The Labute approximate surface area is 139 Å². The molecule has 23 heavy (non-hydrogen) atoms. The van der Waals surface area contributed by atoms with E-state index in [1.165, 1.54) is 0 Å². The molecule has 1 amide bonds. The number of morpholine rings is 1. The van der Waals surface area contributed by atoms with Gasteiger partial charge in [0.2, 0.25) is 0 Å². The SMILES string of the molecule is COc1ccc(-c2csc(CNC(=O)C3CNCCO3)c2)cc1. The molecule has 3 rings (SSSR count). The van der Waals surface area contributed by atoms with E-state index in [0.717, 1.165) is 28.3 Å². The molecular weight excluding hydrogens is 312 g/mol. The summed E-state index contributed by atoms with van der Waals surface area (Å²) in [7, 11) is 1.66. The van der Waals surface area contributed by atoms with Gasteiger partial charge in [-0.25, -0.2) is 0 Å². The number of ether oxygens (including phenoxy) is 2. The molecule has 5 nitrogen and oxygen atoms in total. The van der Waals surface area contributed by atoms with Crippen LogP contribution in [0.25, 0.3) is 11.1 Å². The molecule has 0 radical (unpaired) electrons. The molecule has 6 heteroatoms. The molecule has 1 saturated heterocycles. The summed E-state index contributed by atoms with van der Waals surface area (Å²) in [5.74, 6) is 0.786. The average Bonchev–Trinajstić information content (AvgIpc) is 3.09. The van der Waals surface area contributed by atoms with Gasteiger partial charge in [-0.3, -0.25) is 4.79 Å². The van der Waals surface area contributed by atoms with E-state index in [-0.39, 0.29) is 12.0 Å². The third-order valence-corrected chi connectivity index (χ3v) is 4.67. The second-order valence-corrected chi connectivity index (χ2v) is 6.31. The Morgan fingerprint density at radius 1 is 1.39 bits per heavy atom. The van der Waals surface area contributed by atoms with E-state index < -0.39 is 0 Å². The highest BCUT2D eigenvalue weighted by Crippen LogP contribution is 2.27. The zero-order valence-electron chi connectivity index (χ0n) is 13.0. The number of hydrogen-bond acceptors (Lipinski definition) is 5. The maximum Gasteiger partial charge on any atom is 0.250 e. The van der Waals surface area contributed by atoms with Crippen molar-refractivity contribution in [2.75, 3.05) is 26.8 Å². The summed E-state index contributed by atoms with van der Waals surface area (Å²) in [5.41, 5.74) is 2.29. The summed E-state index contributed by atoms with van der Waals surface area (Å²) < 4.78 is 10.6. The Balaban J connectivity index is 1.57. The summed E-state index contributed by atoms with van der Waals surface area (Å²) >= 11 is 1.64. The van der Waals surface area contributed by atoms with Crippen LogP contribution in [0.1, 0.15) is 4.88 Å². The molecule has 1 fully saturated rings. The molecule has 1 unspecified atom stereocenters. The maximum absolute atomic E-state index is 12.0. The lowest BCUT2D eigenvalue weighted by Crippen LogP contribution is -2.47. The minimum atomic E-state index is -0.384. The van der Waals surface area contributed by atoms with Crippen molar-refractivity contribution in [1.29, 1.82) is 0 Å². The normalized spacial score (nSPS) is 17.7. The van der Waals surface area contributed by atoms with Crippen molar-refractivity contribution >= 4 is 17.2 Å². The van der Waals surface area contributed by atoms with Gasteiger partial charge in [-0.15, -0.1) is 11.3 Å². The summed E-state index contributed by atoms with van der Waals surface area (Å²) in [6.45, 7) is 2.49. The highest BCUT2D eigenvalue weighted by molar-refractivity contribution is 7.10. The van der Waals surface area contributed by atoms with E-state index in [1.807, 2.05) is 24.3 Å². The van der Waals surface area contributed by atoms with Crippen LogP contribution in [0.5, 0.6) is 5.75 Å². The summed E-state index contributed by atoms with van der Waals surface area (Å²) in [5, 5.41) is 8.19. The largest absolute Gasteiger partial charge is 0.497 e. The number of thiophene rings is 1. The van der Waals surface area contributed by atoms with Crippen molar-refractivity contribution in [3.05, 3.63) is 40.6 Å². The van der Waals surface area contributed by atoms with Gasteiger partial charge in [-0.2, -0.15) is 0 Å². The summed E-state index contributed by atoms with van der Waals surface area (Å²) in [4.78, 5) is 13.2. The second kappa shape index (κ2) is 7.59. The third-order valence-electron chi connectivity index (χ3n) is 3.73. The Hall–Kier alpha value is -1.89. The van der Waals surface area contributed by atoms with E-state index >= 15 is 0 Å². The average molecular weight is 332 g/mol. The third kappa shape index (κ3) is 4.10. The number of carbonyl (C=O) groups is 1. The predicted octanol–water partition coefficient (Wildman–Crippen LogP) is 2.03. The molecule has 2 N–H and O–H groups in total. The maximum atomic E-state index is 12.0. The number of rotatable bonds is 5. The van der Waals surface area contributed by atoms with Gasteiger partial charge in [-0.05, 0) is 34.7 Å². The quantitative estimate of drug-likeness (QED) is 0.880. The van der Waals surface area contributed by atoms with Crippen LogP contribution < -0.4 is 15.4 Å². The Bertz CT molecular complexity index is 648. The van der Waals surface area contributed by atoms with Crippen molar-refractivity contribution in [3.8, 4) is 16.9 Å². The van der Waals surface area contributed by atoms with Crippen LogP contribution in [-0.4, -0.2) is 38.8 Å². The van der Waals surface area contributed by atoms with Crippen molar-refractivity contribution in [3.63, 3.8) is 0 Å². The van der Waals surface area contributed by atoms with Crippen LogP contribution in [0, 0.1) is 0 Å². The molecule has 0 spiro atoms. The highest BCUT2D eigenvalue weighted by Gasteiger charge is 2.21. The van der Waals surface area contributed by atoms with E-state index in [9.17, 15) is 4.79 Å². The standard InChI is InChI=1S/C17H20N2O3S/c1-21-14-4-2-12(3-5-14)13-8-15(23-11-13)9-19-17(20)16-10-18-6-7-22-16/h2-5,8,11,16,18H,6-7,9-10H2,1H3,(H,19,20). The minimum Gasteiger partial charge on any atom is -0.497 e. The Morgan fingerprint density at radius 2 is 2.22 bits per heavy atom. The molecule has 1 aliphatic rings. The van der Waals surface area contributed by atoms with Gasteiger partial charge >= 0.3 is 0 Å². The first-order chi connectivity index (χ1) is 11.3.